The van der Waals surface area contributed by atoms with Crippen molar-refractivity contribution in [1.29, 1.82) is 0 Å². The molecule has 6 rings (SSSR count). The van der Waals surface area contributed by atoms with Gasteiger partial charge in [0.2, 0.25) is 0 Å². The second kappa shape index (κ2) is 6.39. The first-order valence-electron chi connectivity index (χ1n) is 9.83. The molecule has 1 aromatic heterocycles. The third-order valence-electron chi connectivity index (χ3n) is 6.78. The summed E-state index contributed by atoms with van der Waals surface area (Å²) < 4.78 is 7.64. The second-order valence-electron chi connectivity index (χ2n) is 8.15. The van der Waals surface area contributed by atoms with E-state index < -0.39 is 0 Å². The van der Waals surface area contributed by atoms with Gasteiger partial charge in [-0.25, -0.2) is 0 Å². The number of aryl methyl sites for hydroxylation is 1. The standard InChI is InChI=1S/C21H28N4O/c1-23-12-15(11-22-23)13-25-14-18(17-5-3-4-6-19(17)26-2)21-20(25)16-7-9-24(21)10-8-16/h3-6,11-12,16,18,20-21H,7-10,13-14H2,1-2H3/t18-,20-,21-/m1/s1. The van der Waals surface area contributed by atoms with Gasteiger partial charge in [0.1, 0.15) is 5.75 Å². The smallest absolute Gasteiger partial charge is 0.122 e. The van der Waals surface area contributed by atoms with Crippen molar-refractivity contribution < 1.29 is 4.74 Å². The van der Waals surface area contributed by atoms with Crippen molar-refractivity contribution in [3.05, 3.63) is 47.8 Å². The Hall–Kier alpha value is -1.85. The van der Waals surface area contributed by atoms with Gasteiger partial charge < -0.3 is 4.74 Å². The number of benzene rings is 1. The van der Waals surface area contributed by atoms with Crippen LogP contribution < -0.4 is 4.74 Å². The number of ether oxygens (including phenoxy) is 1. The number of piperidine rings is 3. The van der Waals surface area contributed by atoms with Crippen LogP contribution in [0.3, 0.4) is 0 Å². The van der Waals surface area contributed by atoms with Crippen LogP contribution in [0.2, 0.25) is 0 Å². The van der Waals surface area contributed by atoms with E-state index in [1.54, 1.807) is 7.11 Å². The van der Waals surface area contributed by atoms with Crippen LogP contribution in [0.15, 0.2) is 36.7 Å². The van der Waals surface area contributed by atoms with E-state index in [0.717, 1.165) is 24.8 Å². The maximum atomic E-state index is 5.72. The molecule has 138 valence electrons. The molecule has 5 nitrogen and oxygen atoms in total. The molecule has 0 radical (unpaired) electrons. The highest BCUT2D eigenvalue weighted by molar-refractivity contribution is 5.39. The third-order valence-corrected chi connectivity index (χ3v) is 6.78. The molecule has 3 atom stereocenters. The van der Waals surface area contributed by atoms with E-state index in [9.17, 15) is 0 Å². The summed E-state index contributed by atoms with van der Waals surface area (Å²) in [5.74, 6) is 2.40. The number of aromatic nitrogens is 2. The number of rotatable bonds is 4. The molecule has 4 saturated heterocycles. The fourth-order valence-electron chi connectivity index (χ4n) is 5.76. The minimum Gasteiger partial charge on any atom is -0.496 e. The first-order chi connectivity index (χ1) is 12.7. The molecule has 1 aromatic carbocycles. The highest BCUT2D eigenvalue weighted by atomic mass is 16.5. The zero-order chi connectivity index (χ0) is 17.7. The van der Waals surface area contributed by atoms with Crippen molar-refractivity contribution in [2.45, 2.75) is 37.4 Å². The monoisotopic (exact) mass is 352 g/mol. The molecule has 0 amide bonds. The Morgan fingerprint density at radius 1 is 1.15 bits per heavy atom. The number of hydrogen-bond acceptors (Lipinski definition) is 4. The molecule has 4 aliphatic rings. The molecule has 0 unspecified atom stereocenters. The normalized spacial score (nSPS) is 33.4. The quantitative estimate of drug-likeness (QED) is 0.847. The van der Waals surface area contributed by atoms with Crippen LogP contribution in [0, 0.1) is 5.92 Å². The highest BCUT2D eigenvalue weighted by Crippen LogP contribution is 2.48. The Kier molecular flexibility index (Phi) is 4.02. The van der Waals surface area contributed by atoms with E-state index in [4.69, 9.17) is 4.74 Å². The zero-order valence-corrected chi connectivity index (χ0v) is 15.7. The molecule has 0 saturated carbocycles. The predicted molar refractivity (Wildman–Crippen MR) is 101 cm³/mol. The topological polar surface area (TPSA) is 33.5 Å². The predicted octanol–water partition coefficient (Wildman–Crippen LogP) is 2.49. The van der Waals surface area contributed by atoms with E-state index in [2.05, 4.69) is 45.4 Å². The van der Waals surface area contributed by atoms with E-state index >= 15 is 0 Å². The van der Waals surface area contributed by atoms with Crippen LogP contribution in [0.1, 0.15) is 29.9 Å². The first-order valence-corrected chi connectivity index (χ1v) is 9.83. The minimum absolute atomic E-state index is 0.524. The molecule has 5 heterocycles. The Labute approximate surface area is 155 Å². The van der Waals surface area contributed by atoms with Crippen LogP contribution in [-0.4, -0.2) is 58.4 Å². The molecular weight excluding hydrogens is 324 g/mol. The van der Waals surface area contributed by atoms with Crippen molar-refractivity contribution in [3.63, 3.8) is 0 Å². The molecule has 2 bridgehead atoms. The molecule has 26 heavy (non-hydrogen) atoms. The summed E-state index contributed by atoms with van der Waals surface area (Å²) in [6.45, 7) is 4.64. The van der Waals surface area contributed by atoms with Crippen LogP contribution >= 0.6 is 0 Å². The van der Waals surface area contributed by atoms with Gasteiger partial charge in [0, 0.05) is 55.5 Å². The molecule has 0 aliphatic carbocycles. The van der Waals surface area contributed by atoms with E-state index in [1.165, 1.54) is 37.1 Å². The lowest BCUT2D eigenvalue weighted by Crippen LogP contribution is -2.59. The average molecular weight is 352 g/mol. The molecule has 4 fully saturated rings. The number of nitrogens with zero attached hydrogens (tertiary/aromatic N) is 4. The summed E-state index contributed by atoms with van der Waals surface area (Å²) in [5.41, 5.74) is 2.70. The maximum absolute atomic E-state index is 5.72. The number of hydrogen-bond donors (Lipinski definition) is 0. The fraction of sp³-hybridized carbons (Fsp3) is 0.571. The van der Waals surface area contributed by atoms with Crippen molar-refractivity contribution >= 4 is 0 Å². The van der Waals surface area contributed by atoms with Crippen molar-refractivity contribution in [3.8, 4) is 5.75 Å². The Balaban J connectivity index is 1.50. The van der Waals surface area contributed by atoms with Gasteiger partial charge in [0.25, 0.3) is 0 Å². The summed E-state index contributed by atoms with van der Waals surface area (Å²) >= 11 is 0. The van der Waals surface area contributed by atoms with Gasteiger partial charge in [0.05, 0.1) is 13.3 Å². The van der Waals surface area contributed by atoms with E-state index in [1.807, 2.05) is 17.9 Å². The van der Waals surface area contributed by atoms with Crippen LogP contribution in [0.25, 0.3) is 0 Å². The molecule has 0 spiro atoms. The Morgan fingerprint density at radius 3 is 2.69 bits per heavy atom. The lowest BCUT2D eigenvalue weighted by Gasteiger charge is -2.51. The number of fused-ring (bicyclic) bond motifs is 2. The van der Waals surface area contributed by atoms with Crippen molar-refractivity contribution in [2.75, 3.05) is 26.7 Å². The van der Waals surface area contributed by atoms with E-state index in [-0.39, 0.29) is 0 Å². The van der Waals surface area contributed by atoms with Gasteiger partial charge in [-0.15, -0.1) is 0 Å². The summed E-state index contributed by atoms with van der Waals surface area (Å²) in [6.07, 6.45) is 6.88. The average Bonchev–Trinajstić information content (AvgIpc) is 3.28. The Bertz CT molecular complexity index is 780. The van der Waals surface area contributed by atoms with Crippen LogP contribution in [-0.2, 0) is 13.6 Å². The highest BCUT2D eigenvalue weighted by Gasteiger charge is 2.53. The van der Waals surface area contributed by atoms with Crippen molar-refractivity contribution in [1.82, 2.24) is 19.6 Å². The summed E-state index contributed by atoms with van der Waals surface area (Å²) in [6, 6.07) is 9.91. The first kappa shape index (κ1) is 16.3. The lowest BCUT2D eigenvalue weighted by atomic mass is 9.75. The summed E-state index contributed by atoms with van der Waals surface area (Å²) in [7, 11) is 3.80. The third kappa shape index (κ3) is 2.57. The minimum atomic E-state index is 0.524. The molecule has 2 aromatic rings. The van der Waals surface area contributed by atoms with Gasteiger partial charge in [-0.1, -0.05) is 18.2 Å². The zero-order valence-electron chi connectivity index (χ0n) is 15.7. The fourth-order valence-corrected chi connectivity index (χ4v) is 5.76. The van der Waals surface area contributed by atoms with Crippen LogP contribution in [0.4, 0.5) is 0 Å². The van der Waals surface area contributed by atoms with E-state index in [0.29, 0.717) is 18.0 Å². The SMILES string of the molecule is COc1ccccc1[C@H]1CN(Cc2cnn(C)c2)[C@@H]2C3CCN(CC3)[C@H]12. The van der Waals surface area contributed by atoms with Crippen LogP contribution in [0.5, 0.6) is 5.75 Å². The number of methoxy groups -OCH3 is 1. The number of para-hydroxylation sites is 1. The maximum Gasteiger partial charge on any atom is 0.122 e. The molecular formula is C21H28N4O. The molecule has 5 heteroatoms. The summed E-state index contributed by atoms with van der Waals surface area (Å²) in [4.78, 5) is 5.49. The van der Waals surface area contributed by atoms with Crippen molar-refractivity contribution in [2.24, 2.45) is 13.0 Å². The Morgan fingerprint density at radius 2 is 1.96 bits per heavy atom. The van der Waals surface area contributed by atoms with Gasteiger partial charge in [-0.2, -0.15) is 5.10 Å². The molecule has 0 N–H and O–H groups in total. The van der Waals surface area contributed by atoms with Gasteiger partial charge >= 0.3 is 0 Å². The largest absolute Gasteiger partial charge is 0.496 e. The summed E-state index contributed by atoms with van der Waals surface area (Å²) in [5, 5.41) is 4.37. The van der Waals surface area contributed by atoms with Gasteiger partial charge in [0.15, 0.2) is 0 Å². The number of likely N-dealkylation sites (tertiary alicyclic amines) is 1. The van der Waals surface area contributed by atoms with Gasteiger partial charge in [-0.3, -0.25) is 14.5 Å². The van der Waals surface area contributed by atoms with Gasteiger partial charge in [-0.05, 0) is 37.9 Å². The lowest BCUT2D eigenvalue weighted by molar-refractivity contribution is -0.00879. The molecule has 4 aliphatic heterocycles. The second-order valence-corrected chi connectivity index (χ2v) is 8.15.